The first-order valence-electron chi connectivity index (χ1n) is 19.6. The Hall–Kier alpha value is -1.71. The van der Waals surface area contributed by atoms with Gasteiger partial charge < -0.3 is 5.73 Å². The van der Waals surface area contributed by atoms with Gasteiger partial charge in [0.15, 0.2) is 0 Å². The van der Waals surface area contributed by atoms with Crippen molar-refractivity contribution in [2.75, 3.05) is 19.6 Å². The molecular weight excluding hydrogens is 558 g/mol. The van der Waals surface area contributed by atoms with Crippen molar-refractivity contribution in [2.45, 2.75) is 189 Å². The molecule has 0 bridgehead atoms. The molecule has 46 heavy (non-hydrogen) atoms. The zero-order valence-electron chi connectivity index (χ0n) is 32.3. The fraction of sp³-hybridized carbons (Fsp3) is 0.744. The van der Waals surface area contributed by atoms with Crippen molar-refractivity contribution >= 4 is 5.71 Å². The van der Waals surface area contributed by atoms with Crippen LogP contribution in [0.25, 0.3) is 0 Å². The molecule has 0 saturated heterocycles. The molecule has 1 atom stereocenters. The van der Waals surface area contributed by atoms with E-state index in [1.165, 1.54) is 146 Å². The summed E-state index contributed by atoms with van der Waals surface area (Å²) >= 11 is 0. The Balaban J connectivity index is 0. The van der Waals surface area contributed by atoms with E-state index in [-0.39, 0.29) is 0 Å². The summed E-state index contributed by atoms with van der Waals surface area (Å²) in [4.78, 5) is 7.80. The third-order valence-electron chi connectivity index (χ3n) is 8.81. The first kappa shape index (κ1) is 46.4. The smallest absolute Gasteiger partial charge is 0.0572 e. The van der Waals surface area contributed by atoms with Crippen LogP contribution in [0.5, 0.6) is 0 Å². The first-order chi connectivity index (χ1) is 22.3. The molecule has 0 spiro atoms. The molecule has 0 aliphatic carbocycles. The minimum atomic E-state index is 0.395. The summed E-state index contributed by atoms with van der Waals surface area (Å²) in [5.74, 6) is 0. The molecule has 0 saturated carbocycles. The maximum atomic E-state index is 5.69. The third kappa shape index (κ3) is 30.9. The molecule has 3 nitrogen and oxygen atoms in total. The van der Waals surface area contributed by atoms with Crippen molar-refractivity contribution in [1.29, 1.82) is 0 Å². The summed E-state index contributed by atoms with van der Waals surface area (Å²) in [5, 5.41) is 0. The van der Waals surface area contributed by atoms with Crippen LogP contribution in [-0.4, -0.2) is 36.3 Å². The Kier molecular flexibility index (Phi) is 36.5. The number of rotatable bonds is 30. The van der Waals surface area contributed by atoms with Gasteiger partial charge in [-0.2, -0.15) is 0 Å². The van der Waals surface area contributed by atoms with Gasteiger partial charge in [-0.3, -0.25) is 9.89 Å². The Labute approximate surface area is 290 Å². The fourth-order valence-corrected chi connectivity index (χ4v) is 5.52. The average Bonchev–Trinajstić information content (AvgIpc) is 3.05. The molecule has 268 valence electrons. The van der Waals surface area contributed by atoms with Crippen molar-refractivity contribution in [1.82, 2.24) is 4.90 Å². The van der Waals surface area contributed by atoms with Gasteiger partial charge in [0.05, 0.1) is 11.8 Å². The molecule has 0 heterocycles. The van der Waals surface area contributed by atoms with Gasteiger partial charge in [-0.1, -0.05) is 172 Å². The predicted octanol–water partition coefficient (Wildman–Crippen LogP) is 13.5. The van der Waals surface area contributed by atoms with E-state index >= 15 is 0 Å². The molecule has 0 amide bonds. The Bertz CT molecular complexity index is 798. The van der Waals surface area contributed by atoms with Crippen molar-refractivity contribution in [3.8, 4) is 0 Å². The SMILES string of the molecule is C=C(C)/C=C\C=C(/C)CC.C=CC(=N/C(C)=C\C)C(CCCCCCCN)N(CCCCCCCCC)CCCCCCCCC. The summed E-state index contributed by atoms with van der Waals surface area (Å²) < 4.78 is 0. The van der Waals surface area contributed by atoms with Crippen LogP contribution in [0, 0.1) is 0 Å². The van der Waals surface area contributed by atoms with Crippen LogP contribution >= 0.6 is 0 Å². The molecular formula is C43H81N3. The van der Waals surface area contributed by atoms with Crippen molar-refractivity contribution in [3.63, 3.8) is 0 Å². The summed E-state index contributed by atoms with van der Waals surface area (Å²) in [6.07, 6.45) is 38.1. The second-order valence-electron chi connectivity index (χ2n) is 13.4. The Morgan fingerprint density at radius 2 is 1.20 bits per heavy atom. The number of unbranched alkanes of at least 4 members (excludes halogenated alkanes) is 16. The highest BCUT2D eigenvalue weighted by atomic mass is 15.2. The Morgan fingerprint density at radius 3 is 1.63 bits per heavy atom. The van der Waals surface area contributed by atoms with Crippen LogP contribution in [0.1, 0.15) is 183 Å². The van der Waals surface area contributed by atoms with Gasteiger partial charge in [-0.15, -0.1) is 0 Å². The number of hydrogen-bond acceptors (Lipinski definition) is 3. The monoisotopic (exact) mass is 640 g/mol. The van der Waals surface area contributed by atoms with Gasteiger partial charge in [-0.25, -0.2) is 0 Å². The number of allylic oxidation sites excluding steroid dienone is 7. The minimum absolute atomic E-state index is 0.395. The molecule has 0 rings (SSSR count). The molecule has 2 N–H and O–H groups in total. The maximum absolute atomic E-state index is 5.69. The predicted molar refractivity (Wildman–Crippen MR) is 213 cm³/mol. The lowest BCUT2D eigenvalue weighted by molar-refractivity contribution is 0.219. The van der Waals surface area contributed by atoms with Crippen LogP contribution in [0.4, 0.5) is 0 Å². The molecule has 0 aliphatic heterocycles. The van der Waals surface area contributed by atoms with Gasteiger partial charge in [0.25, 0.3) is 0 Å². The number of hydrogen-bond donors (Lipinski definition) is 1. The van der Waals surface area contributed by atoms with E-state index < -0.39 is 0 Å². The summed E-state index contributed by atoms with van der Waals surface area (Å²) in [6.45, 7) is 26.2. The van der Waals surface area contributed by atoms with Gasteiger partial charge >= 0.3 is 0 Å². The molecule has 0 aromatic heterocycles. The van der Waals surface area contributed by atoms with E-state index in [0.717, 1.165) is 30.7 Å². The lowest BCUT2D eigenvalue weighted by atomic mass is 9.99. The molecule has 0 aliphatic rings. The lowest BCUT2D eigenvalue weighted by Gasteiger charge is -2.32. The Morgan fingerprint density at radius 1 is 0.717 bits per heavy atom. The fourth-order valence-electron chi connectivity index (χ4n) is 5.52. The normalized spacial score (nSPS) is 13.3. The summed E-state index contributed by atoms with van der Waals surface area (Å²) in [7, 11) is 0. The van der Waals surface area contributed by atoms with Crippen LogP contribution < -0.4 is 5.73 Å². The van der Waals surface area contributed by atoms with E-state index in [1.807, 2.05) is 25.2 Å². The molecule has 1 unspecified atom stereocenters. The third-order valence-corrected chi connectivity index (χ3v) is 8.81. The van der Waals surface area contributed by atoms with E-state index in [1.54, 1.807) is 0 Å². The van der Waals surface area contributed by atoms with E-state index in [4.69, 9.17) is 10.7 Å². The standard InChI is InChI=1S/C33H65N3.C10H16/c1-6-10-12-14-16-21-25-29-36(30-26-22-17-15-13-11-7-2)33(27-23-19-18-20-24-28-34)32(9-4)35-31(5)8-3;1-5-10(4)8-6-7-9(2)3/h8-9,33H,4,6-7,10-30,34H2,1-3,5H3;6-8H,2,5H2,1,3-4H3/b31-8-,35-32?;7-6-,10-8+. The second-order valence-corrected chi connectivity index (χ2v) is 13.4. The minimum Gasteiger partial charge on any atom is -0.330 e. The van der Waals surface area contributed by atoms with Crippen molar-refractivity contribution in [2.24, 2.45) is 10.7 Å². The topological polar surface area (TPSA) is 41.6 Å². The largest absolute Gasteiger partial charge is 0.330 e. The lowest BCUT2D eigenvalue weighted by Crippen LogP contribution is -2.42. The van der Waals surface area contributed by atoms with Crippen LogP contribution in [0.15, 0.2) is 65.4 Å². The molecule has 0 radical (unpaired) electrons. The summed E-state index contributed by atoms with van der Waals surface area (Å²) in [6, 6.07) is 0.395. The molecule has 3 heteroatoms. The number of aliphatic imine (C=N–C) groups is 1. The van der Waals surface area contributed by atoms with E-state index in [0.29, 0.717) is 6.04 Å². The summed E-state index contributed by atoms with van der Waals surface area (Å²) in [5.41, 5.74) is 10.5. The highest BCUT2D eigenvalue weighted by Gasteiger charge is 2.22. The van der Waals surface area contributed by atoms with Crippen LogP contribution in [0.2, 0.25) is 0 Å². The number of nitrogens with zero attached hydrogens (tertiary/aromatic N) is 2. The highest BCUT2D eigenvalue weighted by Crippen LogP contribution is 2.19. The van der Waals surface area contributed by atoms with Gasteiger partial charge in [-0.05, 0) is 85.5 Å². The zero-order chi connectivity index (χ0) is 34.7. The van der Waals surface area contributed by atoms with Crippen LogP contribution in [-0.2, 0) is 0 Å². The van der Waals surface area contributed by atoms with E-state index in [9.17, 15) is 0 Å². The van der Waals surface area contributed by atoms with E-state index in [2.05, 4.69) is 71.8 Å². The zero-order valence-corrected chi connectivity index (χ0v) is 32.3. The maximum Gasteiger partial charge on any atom is 0.0572 e. The van der Waals surface area contributed by atoms with Crippen molar-refractivity contribution in [3.05, 3.63) is 60.4 Å². The number of nitrogens with two attached hydrogens (primary N) is 1. The van der Waals surface area contributed by atoms with Crippen molar-refractivity contribution < 1.29 is 0 Å². The van der Waals surface area contributed by atoms with Gasteiger partial charge in [0, 0.05) is 5.70 Å². The average molecular weight is 640 g/mol. The molecule has 0 fully saturated rings. The quantitative estimate of drug-likeness (QED) is 0.0482. The molecule has 0 aromatic carbocycles. The molecule has 0 aromatic rings. The van der Waals surface area contributed by atoms with Gasteiger partial charge in [0.2, 0.25) is 0 Å². The van der Waals surface area contributed by atoms with Gasteiger partial charge in [0.1, 0.15) is 0 Å². The van der Waals surface area contributed by atoms with Crippen LogP contribution in [0.3, 0.4) is 0 Å². The highest BCUT2D eigenvalue weighted by molar-refractivity contribution is 5.99. The second kappa shape index (κ2) is 36.1. The first-order valence-corrected chi connectivity index (χ1v) is 19.6.